The second-order valence-corrected chi connectivity index (χ2v) is 6.38. The summed E-state index contributed by atoms with van der Waals surface area (Å²) in [5, 5.41) is 22.2. The van der Waals surface area contributed by atoms with Crippen LogP contribution in [0.25, 0.3) is 0 Å². The molecule has 0 saturated carbocycles. The fourth-order valence-corrected chi connectivity index (χ4v) is 2.49. The quantitative estimate of drug-likeness (QED) is 0.140. The summed E-state index contributed by atoms with van der Waals surface area (Å²) in [7, 11) is 0. The third kappa shape index (κ3) is 14.5. The molecular weight excluding hydrogens is 348 g/mol. The number of hydrogen-bond donors (Lipinski definition) is 0. The fraction of sp³-hybridized carbons (Fsp3) is 0.650. The van der Waals surface area contributed by atoms with Crippen LogP contribution in [0.15, 0.2) is 35.7 Å². The molecule has 0 aliphatic rings. The SMILES string of the molecule is CCCCC/C=C/C/C(=C/C/C(=C/CCCCCC[C]=O)[N+](=O)[O-])[N+](=O)[O-]. The first-order chi connectivity index (χ1) is 13.0. The van der Waals surface area contributed by atoms with Crippen molar-refractivity contribution in [1.29, 1.82) is 0 Å². The van der Waals surface area contributed by atoms with E-state index in [9.17, 15) is 25.0 Å². The minimum Gasteiger partial charge on any atom is -0.291 e. The molecule has 0 aromatic rings. The summed E-state index contributed by atoms with van der Waals surface area (Å²) >= 11 is 0. The molecule has 0 amide bonds. The fourth-order valence-electron chi connectivity index (χ4n) is 2.49. The molecule has 0 fully saturated rings. The minimum atomic E-state index is -0.476. The summed E-state index contributed by atoms with van der Waals surface area (Å²) in [5.74, 6) is 0. The van der Waals surface area contributed by atoms with Crippen LogP contribution in [0.2, 0.25) is 0 Å². The molecule has 0 aromatic carbocycles. The lowest BCUT2D eigenvalue weighted by Crippen LogP contribution is -2.01. The molecule has 7 nitrogen and oxygen atoms in total. The Bertz CT molecular complexity index is 538. The van der Waals surface area contributed by atoms with Crippen LogP contribution in [0.4, 0.5) is 0 Å². The molecule has 0 unspecified atom stereocenters. The van der Waals surface area contributed by atoms with Gasteiger partial charge in [-0.15, -0.1) is 0 Å². The second-order valence-electron chi connectivity index (χ2n) is 6.38. The van der Waals surface area contributed by atoms with Crippen molar-refractivity contribution in [2.24, 2.45) is 0 Å². The van der Waals surface area contributed by atoms with E-state index < -0.39 is 9.85 Å². The van der Waals surface area contributed by atoms with Crippen molar-refractivity contribution < 1.29 is 14.6 Å². The molecule has 0 N–H and O–H groups in total. The Morgan fingerprint density at radius 3 is 2.07 bits per heavy atom. The standard InChI is InChI=1S/C20H31N2O5/c1-2-3-4-5-8-11-14-19(21(24)25)16-17-20(22(26)27)15-12-9-6-7-10-13-18-23/h8,11,15-16H,2-7,9-10,12-14,17H2,1H3/b11-8+,19-16-,20-15-. The third-order valence-electron chi connectivity index (χ3n) is 4.10. The molecule has 0 atom stereocenters. The predicted octanol–water partition coefficient (Wildman–Crippen LogP) is 5.67. The van der Waals surface area contributed by atoms with E-state index in [1.165, 1.54) is 6.08 Å². The van der Waals surface area contributed by atoms with Gasteiger partial charge in [-0.2, -0.15) is 0 Å². The maximum atomic E-state index is 11.1. The van der Waals surface area contributed by atoms with E-state index >= 15 is 0 Å². The van der Waals surface area contributed by atoms with E-state index in [1.54, 1.807) is 12.2 Å². The van der Waals surface area contributed by atoms with Crippen LogP contribution in [-0.2, 0) is 4.79 Å². The highest BCUT2D eigenvalue weighted by molar-refractivity contribution is 5.50. The van der Waals surface area contributed by atoms with Gasteiger partial charge in [-0.1, -0.05) is 44.8 Å². The van der Waals surface area contributed by atoms with Gasteiger partial charge in [0.2, 0.25) is 11.4 Å². The van der Waals surface area contributed by atoms with Gasteiger partial charge in [0.1, 0.15) is 0 Å². The number of allylic oxidation sites excluding steroid dienone is 4. The first-order valence-corrected chi connectivity index (χ1v) is 9.69. The average molecular weight is 379 g/mol. The molecule has 1 radical (unpaired) electrons. The van der Waals surface area contributed by atoms with Crippen molar-refractivity contribution in [3.63, 3.8) is 0 Å². The van der Waals surface area contributed by atoms with Crippen molar-refractivity contribution in [1.82, 2.24) is 0 Å². The van der Waals surface area contributed by atoms with Gasteiger partial charge < -0.3 is 0 Å². The number of unbranched alkanes of at least 4 members (excludes halogenated alkanes) is 8. The zero-order chi connectivity index (χ0) is 20.3. The Morgan fingerprint density at radius 2 is 1.44 bits per heavy atom. The molecule has 0 aliphatic carbocycles. The maximum absolute atomic E-state index is 11.1. The Balaban J connectivity index is 4.51. The summed E-state index contributed by atoms with van der Waals surface area (Å²) in [6.45, 7) is 2.12. The summed E-state index contributed by atoms with van der Waals surface area (Å²) in [4.78, 5) is 31.4. The molecule has 0 rings (SSSR count). The van der Waals surface area contributed by atoms with Gasteiger partial charge in [-0.05, 0) is 44.3 Å². The zero-order valence-electron chi connectivity index (χ0n) is 16.2. The van der Waals surface area contributed by atoms with Gasteiger partial charge in [-0.3, -0.25) is 25.0 Å². The van der Waals surface area contributed by atoms with Crippen molar-refractivity contribution in [3.8, 4) is 0 Å². The summed E-state index contributed by atoms with van der Waals surface area (Å²) in [6.07, 6.45) is 17.1. The monoisotopic (exact) mass is 379 g/mol. The van der Waals surface area contributed by atoms with E-state index in [1.807, 2.05) is 12.4 Å². The van der Waals surface area contributed by atoms with Crippen LogP contribution in [0.1, 0.15) is 84.0 Å². The van der Waals surface area contributed by atoms with Crippen molar-refractivity contribution in [2.45, 2.75) is 84.0 Å². The Labute approximate surface area is 161 Å². The molecule has 27 heavy (non-hydrogen) atoms. The number of rotatable bonds is 17. The van der Waals surface area contributed by atoms with E-state index in [-0.39, 0.29) is 24.2 Å². The van der Waals surface area contributed by atoms with E-state index in [4.69, 9.17) is 0 Å². The predicted molar refractivity (Wildman–Crippen MR) is 106 cm³/mol. The largest absolute Gasteiger partial charge is 0.291 e. The first kappa shape index (κ1) is 24.7. The highest BCUT2D eigenvalue weighted by Gasteiger charge is 2.13. The molecule has 0 aromatic heterocycles. The van der Waals surface area contributed by atoms with Gasteiger partial charge >= 0.3 is 0 Å². The minimum absolute atomic E-state index is 0.0116. The Kier molecular flexibility index (Phi) is 15.7. The molecular formula is C20H31N2O5. The lowest BCUT2D eigenvalue weighted by molar-refractivity contribution is -0.431. The normalized spacial score (nSPS) is 12.5. The van der Waals surface area contributed by atoms with Crippen molar-refractivity contribution >= 4 is 6.29 Å². The Hall–Kier alpha value is -2.31. The van der Waals surface area contributed by atoms with Crippen molar-refractivity contribution in [2.75, 3.05) is 0 Å². The first-order valence-electron chi connectivity index (χ1n) is 9.69. The molecule has 7 heteroatoms. The van der Waals surface area contributed by atoms with E-state index in [0.29, 0.717) is 12.8 Å². The molecule has 0 saturated heterocycles. The van der Waals surface area contributed by atoms with Crippen molar-refractivity contribution in [3.05, 3.63) is 55.9 Å². The van der Waals surface area contributed by atoms with Gasteiger partial charge in [0.05, 0.1) is 22.7 Å². The lowest BCUT2D eigenvalue weighted by Gasteiger charge is -1.98. The van der Waals surface area contributed by atoms with Crippen LogP contribution in [0.5, 0.6) is 0 Å². The second kappa shape index (κ2) is 17.1. The summed E-state index contributed by atoms with van der Waals surface area (Å²) < 4.78 is 0. The number of nitrogens with zero attached hydrogens (tertiary/aromatic N) is 2. The average Bonchev–Trinajstić information content (AvgIpc) is 2.63. The topological polar surface area (TPSA) is 103 Å². The molecule has 151 valence electrons. The number of nitro groups is 2. The molecule has 0 bridgehead atoms. The van der Waals surface area contributed by atoms with Gasteiger partial charge in [0.25, 0.3) is 0 Å². The zero-order valence-corrected chi connectivity index (χ0v) is 16.2. The third-order valence-corrected chi connectivity index (χ3v) is 4.10. The van der Waals surface area contributed by atoms with Crippen LogP contribution in [-0.4, -0.2) is 16.1 Å². The summed E-state index contributed by atoms with van der Waals surface area (Å²) in [5.41, 5.74) is -0.0258. The summed E-state index contributed by atoms with van der Waals surface area (Å²) in [6, 6.07) is 0. The molecule has 0 spiro atoms. The van der Waals surface area contributed by atoms with Gasteiger partial charge in [-0.25, -0.2) is 0 Å². The maximum Gasteiger partial charge on any atom is 0.246 e. The van der Waals surface area contributed by atoms with Gasteiger partial charge in [0, 0.05) is 6.42 Å². The van der Waals surface area contributed by atoms with Gasteiger partial charge in [0.15, 0.2) is 6.29 Å². The van der Waals surface area contributed by atoms with Crippen LogP contribution in [0.3, 0.4) is 0 Å². The molecule has 0 aliphatic heterocycles. The van der Waals surface area contributed by atoms with Crippen LogP contribution in [0, 0.1) is 20.2 Å². The highest BCUT2D eigenvalue weighted by Crippen LogP contribution is 2.13. The number of carbonyl (C=O) groups excluding carboxylic acids is 1. The van der Waals surface area contributed by atoms with Crippen LogP contribution < -0.4 is 0 Å². The highest BCUT2D eigenvalue weighted by atomic mass is 16.6. The smallest absolute Gasteiger partial charge is 0.246 e. The van der Waals surface area contributed by atoms with E-state index in [2.05, 4.69) is 6.92 Å². The van der Waals surface area contributed by atoms with E-state index in [0.717, 1.165) is 51.4 Å². The van der Waals surface area contributed by atoms with Crippen LogP contribution >= 0.6 is 0 Å². The Morgan fingerprint density at radius 1 is 0.815 bits per heavy atom. The number of hydrogen-bond acceptors (Lipinski definition) is 5. The lowest BCUT2D eigenvalue weighted by atomic mass is 10.1. The molecule has 0 heterocycles.